The van der Waals surface area contributed by atoms with Crippen molar-refractivity contribution in [2.24, 2.45) is 0 Å². The molecule has 2 heterocycles. The van der Waals surface area contributed by atoms with Crippen LogP contribution in [0.5, 0.6) is 0 Å². The second-order valence-corrected chi connectivity index (χ2v) is 6.37. The summed E-state index contributed by atoms with van der Waals surface area (Å²) in [4.78, 5) is 12.0. The number of anilines is 1. The highest BCUT2D eigenvalue weighted by Crippen LogP contribution is 2.28. The van der Waals surface area contributed by atoms with Gasteiger partial charge in [-0.2, -0.15) is 13.9 Å². The average molecular weight is 392 g/mol. The number of halogens is 3. The van der Waals surface area contributed by atoms with Crippen LogP contribution in [0.25, 0.3) is 6.08 Å². The maximum atomic E-state index is 13.2. The van der Waals surface area contributed by atoms with E-state index in [0.29, 0.717) is 16.6 Å². The van der Waals surface area contributed by atoms with Crippen LogP contribution in [0.2, 0.25) is 5.02 Å². The number of amides is 1. The Balaban J connectivity index is 1.59. The molecule has 0 aliphatic carbocycles. The standard InChI is InChI=1S/C19H16ClF2N3O2/c1-19(21,22)16-7-6-15(27-16)12-25-10-9-17(24-25)23-18(26)8-5-13-3-2-4-14(20)11-13/h2-11H,12H2,1H3,(H,23,24,26). The number of alkyl halides is 2. The van der Waals surface area contributed by atoms with Crippen molar-refractivity contribution in [3.05, 3.63) is 76.8 Å². The Morgan fingerprint density at radius 1 is 1.33 bits per heavy atom. The molecule has 3 rings (SSSR count). The zero-order valence-corrected chi connectivity index (χ0v) is 15.1. The van der Waals surface area contributed by atoms with Crippen LogP contribution in [0, 0.1) is 0 Å². The molecule has 1 amide bonds. The Hall–Kier alpha value is -2.93. The van der Waals surface area contributed by atoms with Crippen molar-refractivity contribution in [3.63, 3.8) is 0 Å². The number of furan rings is 1. The van der Waals surface area contributed by atoms with Crippen LogP contribution in [0.15, 0.2) is 59.2 Å². The number of hydrogen-bond donors (Lipinski definition) is 1. The zero-order chi connectivity index (χ0) is 19.4. The van der Waals surface area contributed by atoms with Gasteiger partial charge in [-0.1, -0.05) is 23.7 Å². The summed E-state index contributed by atoms with van der Waals surface area (Å²) in [5, 5.41) is 7.37. The summed E-state index contributed by atoms with van der Waals surface area (Å²) < 4.78 is 33.0. The number of benzene rings is 1. The zero-order valence-electron chi connectivity index (χ0n) is 14.3. The third-order valence-corrected chi connectivity index (χ3v) is 3.82. The van der Waals surface area contributed by atoms with Gasteiger partial charge in [0.25, 0.3) is 0 Å². The largest absolute Gasteiger partial charge is 0.458 e. The molecule has 1 N–H and O–H groups in total. The Labute approximate surface area is 159 Å². The van der Waals surface area contributed by atoms with Crippen molar-refractivity contribution >= 4 is 29.4 Å². The molecule has 140 valence electrons. The van der Waals surface area contributed by atoms with Gasteiger partial charge < -0.3 is 9.73 Å². The lowest BCUT2D eigenvalue weighted by Crippen LogP contribution is -2.09. The van der Waals surface area contributed by atoms with Crippen molar-refractivity contribution < 1.29 is 18.0 Å². The van der Waals surface area contributed by atoms with Crippen molar-refractivity contribution in [1.82, 2.24) is 9.78 Å². The van der Waals surface area contributed by atoms with Crippen LogP contribution in [-0.2, 0) is 17.3 Å². The SMILES string of the molecule is CC(F)(F)c1ccc(Cn2ccc(NC(=O)C=Cc3cccc(Cl)c3)n2)o1. The first-order valence-corrected chi connectivity index (χ1v) is 8.42. The van der Waals surface area contributed by atoms with Crippen LogP contribution in [0.4, 0.5) is 14.6 Å². The van der Waals surface area contributed by atoms with Gasteiger partial charge in [0.15, 0.2) is 11.6 Å². The minimum Gasteiger partial charge on any atom is -0.458 e. The van der Waals surface area contributed by atoms with Crippen molar-refractivity contribution in [3.8, 4) is 0 Å². The fraction of sp³-hybridized carbons (Fsp3) is 0.158. The van der Waals surface area contributed by atoms with Crippen molar-refractivity contribution in [2.45, 2.75) is 19.4 Å². The van der Waals surface area contributed by atoms with E-state index in [0.717, 1.165) is 12.5 Å². The molecule has 8 heteroatoms. The van der Waals surface area contributed by atoms with E-state index in [1.807, 2.05) is 6.07 Å². The Morgan fingerprint density at radius 2 is 2.15 bits per heavy atom. The molecule has 2 aromatic heterocycles. The van der Waals surface area contributed by atoms with E-state index in [1.54, 1.807) is 36.5 Å². The Morgan fingerprint density at radius 3 is 2.85 bits per heavy atom. The molecule has 0 fully saturated rings. The molecule has 5 nitrogen and oxygen atoms in total. The fourth-order valence-corrected chi connectivity index (χ4v) is 2.52. The van der Waals surface area contributed by atoms with Crippen molar-refractivity contribution in [2.75, 3.05) is 5.32 Å². The predicted octanol–water partition coefficient (Wildman–Crippen LogP) is 4.94. The summed E-state index contributed by atoms with van der Waals surface area (Å²) in [5.74, 6) is -3.11. The van der Waals surface area contributed by atoms with E-state index in [1.165, 1.54) is 22.9 Å². The summed E-state index contributed by atoms with van der Waals surface area (Å²) >= 11 is 5.89. The van der Waals surface area contributed by atoms with Gasteiger partial charge in [-0.15, -0.1) is 0 Å². The van der Waals surface area contributed by atoms with E-state index in [2.05, 4.69) is 10.4 Å². The molecule has 0 aliphatic rings. The molecule has 0 saturated heterocycles. The predicted molar refractivity (Wildman–Crippen MR) is 98.7 cm³/mol. The summed E-state index contributed by atoms with van der Waals surface area (Å²) in [7, 11) is 0. The van der Waals surface area contributed by atoms with Crippen LogP contribution >= 0.6 is 11.6 Å². The summed E-state index contributed by atoms with van der Waals surface area (Å²) in [6.45, 7) is 0.943. The average Bonchev–Trinajstić information content (AvgIpc) is 3.23. The van der Waals surface area contributed by atoms with Gasteiger partial charge in [-0.25, -0.2) is 0 Å². The number of nitrogens with one attached hydrogen (secondary N) is 1. The first kappa shape index (κ1) is 18.8. The van der Waals surface area contributed by atoms with Gasteiger partial charge in [0.2, 0.25) is 5.91 Å². The van der Waals surface area contributed by atoms with Gasteiger partial charge >= 0.3 is 5.92 Å². The minimum atomic E-state index is -3.03. The topological polar surface area (TPSA) is 60.1 Å². The van der Waals surface area contributed by atoms with Crippen LogP contribution < -0.4 is 5.32 Å². The van der Waals surface area contributed by atoms with Gasteiger partial charge in [-0.05, 0) is 35.9 Å². The normalized spacial score (nSPS) is 11.9. The number of carbonyl (C=O) groups is 1. The van der Waals surface area contributed by atoms with Gasteiger partial charge in [0.1, 0.15) is 5.76 Å². The maximum Gasteiger partial charge on any atom is 0.301 e. The van der Waals surface area contributed by atoms with Crippen LogP contribution in [0.1, 0.15) is 24.0 Å². The lowest BCUT2D eigenvalue weighted by Gasteiger charge is -2.05. The summed E-state index contributed by atoms with van der Waals surface area (Å²) in [6, 6.07) is 11.4. The molecule has 27 heavy (non-hydrogen) atoms. The fourth-order valence-electron chi connectivity index (χ4n) is 2.32. The van der Waals surface area contributed by atoms with Crippen LogP contribution in [0.3, 0.4) is 0 Å². The number of carbonyl (C=O) groups excluding carboxylic acids is 1. The van der Waals surface area contributed by atoms with E-state index in [9.17, 15) is 13.6 Å². The molecule has 1 aromatic carbocycles. The van der Waals surface area contributed by atoms with E-state index >= 15 is 0 Å². The molecule has 0 spiro atoms. The second-order valence-electron chi connectivity index (χ2n) is 5.93. The maximum absolute atomic E-state index is 13.2. The third kappa shape index (κ3) is 5.27. The Bertz CT molecular complexity index is 973. The first-order valence-electron chi connectivity index (χ1n) is 8.05. The molecule has 0 aliphatic heterocycles. The highest BCUT2D eigenvalue weighted by Gasteiger charge is 2.28. The number of hydrogen-bond acceptors (Lipinski definition) is 3. The molecule has 0 radical (unpaired) electrons. The van der Waals surface area contributed by atoms with Crippen molar-refractivity contribution in [1.29, 1.82) is 0 Å². The molecular weight excluding hydrogens is 376 g/mol. The molecule has 3 aromatic rings. The number of nitrogens with zero attached hydrogens (tertiary/aromatic N) is 2. The van der Waals surface area contributed by atoms with E-state index in [4.69, 9.17) is 16.0 Å². The summed E-state index contributed by atoms with van der Waals surface area (Å²) in [6.07, 6.45) is 4.61. The summed E-state index contributed by atoms with van der Waals surface area (Å²) in [5.41, 5.74) is 0.796. The second kappa shape index (κ2) is 7.75. The highest BCUT2D eigenvalue weighted by atomic mass is 35.5. The molecular formula is C19H16ClF2N3O2. The first-order chi connectivity index (χ1) is 12.8. The lowest BCUT2D eigenvalue weighted by molar-refractivity contribution is -0.111. The molecule has 0 unspecified atom stereocenters. The molecule has 0 bridgehead atoms. The monoisotopic (exact) mass is 391 g/mol. The number of aromatic nitrogens is 2. The minimum absolute atomic E-state index is 0.171. The van der Waals surface area contributed by atoms with E-state index in [-0.39, 0.29) is 12.5 Å². The van der Waals surface area contributed by atoms with Gasteiger partial charge in [-0.3, -0.25) is 9.48 Å². The Kier molecular flexibility index (Phi) is 5.41. The highest BCUT2D eigenvalue weighted by molar-refractivity contribution is 6.30. The quantitative estimate of drug-likeness (QED) is 0.605. The molecule has 0 atom stereocenters. The van der Waals surface area contributed by atoms with Gasteiger partial charge in [0, 0.05) is 30.3 Å². The smallest absolute Gasteiger partial charge is 0.301 e. The van der Waals surface area contributed by atoms with Crippen LogP contribution in [-0.4, -0.2) is 15.7 Å². The molecule has 0 saturated carbocycles. The lowest BCUT2D eigenvalue weighted by atomic mass is 10.2. The number of rotatable bonds is 6. The van der Waals surface area contributed by atoms with Gasteiger partial charge in [0.05, 0.1) is 6.54 Å². The van der Waals surface area contributed by atoms with E-state index < -0.39 is 11.7 Å². The third-order valence-electron chi connectivity index (χ3n) is 3.58.